The minimum Gasteiger partial charge on any atom is -0.402 e. The second-order valence-electron chi connectivity index (χ2n) is 3.33. The van der Waals surface area contributed by atoms with Gasteiger partial charge in [0.1, 0.15) is 0 Å². The summed E-state index contributed by atoms with van der Waals surface area (Å²) < 4.78 is 27.6. The smallest absolute Gasteiger partial charge is 0.402 e. The average molecular weight is 325 g/mol. The second-order valence-corrected chi connectivity index (χ2v) is 5.55. The number of rotatable bonds is 7. The molecule has 0 unspecified atom stereocenters. The Labute approximate surface area is 122 Å². The van der Waals surface area contributed by atoms with Crippen molar-refractivity contribution in [1.82, 2.24) is 0 Å². The molecular weight excluding hydrogens is 310 g/mol. The van der Waals surface area contributed by atoms with Gasteiger partial charge in [-0.15, -0.1) is 0 Å². The van der Waals surface area contributed by atoms with E-state index in [0.717, 1.165) is 5.54 Å². The zero-order chi connectivity index (χ0) is 14.3. The largest absolute Gasteiger partial charge is 0.530 e. The molecule has 0 fully saturated rings. The Balaban J connectivity index is 3.00. The van der Waals surface area contributed by atoms with Gasteiger partial charge < -0.3 is 4.52 Å². The standard InChI is InChI=1S/C12H15Cl2O4P/c1-3-16-19(15,17-4-2)18-12(9-13)10-7-5-6-8-11(10)14/h5-9H,3-4H2,1-2H3/b12-9+. The van der Waals surface area contributed by atoms with Gasteiger partial charge in [-0.1, -0.05) is 35.3 Å². The van der Waals surface area contributed by atoms with Crippen LogP contribution < -0.4 is 0 Å². The van der Waals surface area contributed by atoms with E-state index in [1.54, 1.807) is 38.1 Å². The van der Waals surface area contributed by atoms with Crippen LogP contribution in [0.1, 0.15) is 19.4 Å². The van der Waals surface area contributed by atoms with Crippen molar-refractivity contribution in [2.24, 2.45) is 0 Å². The Morgan fingerprint density at radius 1 is 1.26 bits per heavy atom. The van der Waals surface area contributed by atoms with Crippen LogP contribution in [0.4, 0.5) is 0 Å². The summed E-state index contributed by atoms with van der Waals surface area (Å²) >= 11 is 11.7. The summed E-state index contributed by atoms with van der Waals surface area (Å²) in [4.78, 5) is 0. The van der Waals surface area contributed by atoms with Crippen molar-refractivity contribution in [3.8, 4) is 0 Å². The molecule has 0 radical (unpaired) electrons. The quantitative estimate of drug-likeness (QED) is 0.518. The molecule has 1 aromatic carbocycles. The monoisotopic (exact) mass is 324 g/mol. The van der Waals surface area contributed by atoms with Gasteiger partial charge in [0.05, 0.1) is 18.2 Å². The molecule has 0 bridgehead atoms. The van der Waals surface area contributed by atoms with Crippen molar-refractivity contribution in [2.45, 2.75) is 13.8 Å². The fraction of sp³-hybridized carbons (Fsp3) is 0.333. The van der Waals surface area contributed by atoms with Gasteiger partial charge in [-0.2, -0.15) is 0 Å². The maximum absolute atomic E-state index is 12.3. The van der Waals surface area contributed by atoms with Crippen molar-refractivity contribution in [3.05, 3.63) is 40.4 Å². The summed E-state index contributed by atoms with van der Waals surface area (Å²) in [6, 6.07) is 6.89. The van der Waals surface area contributed by atoms with Crippen LogP contribution in [-0.4, -0.2) is 13.2 Å². The van der Waals surface area contributed by atoms with Crippen molar-refractivity contribution in [1.29, 1.82) is 0 Å². The van der Waals surface area contributed by atoms with E-state index in [9.17, 15) is 4.57 Å². The van der Waals surface area contributed by atoms with Crippen LogP contribution in [0.3, 0.4) is 0 Å². The van der Waals surface area contributed by atoms with Gasteiger partial charge in [-0.25, -0.2) is 4.57 Å². The summed E-state index contributed by atoms with van der Waals surface area (Å²) in [6.45, 7) is 3.76. The Hall–Kier alpha value is -0.510. The third-order valence-electron chi connectivity index (χ3n) is 2.02. The molecule has 1 rings (SSSR count). The summed E-state index contributed by atoms with van der Waals surface area (Å²) in [5.41, 5.74) is 1.66. The molecule has 0 heterocycles. The van der Waals surface area contributed by atoms with Crippen LogP contribution in [0.15, 0.2) is 29.8 Å². The van der Waals surface area contributed by atoms with Crippen molar-refractivity contribution >= 4 is 36.8 Å². The predicted molar refractivity (Wildman–Crippen MR) is 77.2 cm³/mol. The number of benzene rings is 1. The molecule has 0 aromatic heterocycles. The molecule has 1 aromatic rings. The molecule has 0 N–H and O–H groups in total. The minimum atomic E-state index is -3.69. The lowest BCUT2D eigenvalue weighted by atomic mass is 10.2. The van der Waals surface area contributed by atoms with Gasteiger partial charge in [0.25, 0.3) is 0 Å². The average Bonchev–Trinajstić information content (AvgIpc) is 2.37. The third-order valence-corrected chi connectivity index (χ3v) is 4.12. The maximum Gasteiger partial charge on any atom is 0.530 e. The first-order valence-electron chi connectivity index (χ1n) is 5.70. The lowest BCUT2D eigenvalue weighted by Gasteiger charge is -2.19. The second kappa shape index (κ2) is 7.93. The third kappa shape index (κ3) is 4.83. The van der Waals surface area contributed by atoms with Gasteiger partial charge in [0.2, 0.25) is 0 Å². The number of phosphoric acid groups is 1. The summed E-state index contributed by atoms with van der Waals surface area (Å²) in [5.74, 6) is 0.137. The Bertz CT molecular complexity index is 480. The highest BCUT2D eigenvalue weighted by atomic mass is 35.5. The van der Waals surface area contributed by atoms with Gasteiger partial charge >= 0.3 is 7.82 Å². The van der Waals surface area contributed by atoms with E-state index in [0.29, 0.717) is 10.6 Å². The van der Waals surface area contributed by atoms with Crippen LogP contribution in [0.5, 0.6) is 0 Å². The first-order chi connectivity index (χ1) is 9.06. The SMILES string of the molecule is CCOP(=O)(OCC)O/C(=C/Cl)c1ccccc1Cl. The molecule has 7 heteroatoms. The number of halogens is 2. The van der Waals surface area contributed by atoms with Gasteiger partial charge in [-0.3, -0.25) is 9.05 Å². The summed E-state index contributed by atoms with van der Waals surface area (Å²) in [7, 11) is -3.69. The lowest BCUT2D eigenvalue weighted by molar-refractivity contribution is 0.159. The molecule has 0 amide bonds. The molecule has 0 spiro atoms. The molecule has 0 atom stereocenters. The summed E-state index contributed by atoms with van der Waals surface area (Å²) in [6.07, 6.45) is 0. The zero-order valence-corrected chi connectivity index (χ0v) is 13.0. The molecule has 106 valence electrons. The first-order valence-corrected chi connectivity index (χ1v) is 7.97. The van der Waals surface area contributed by atoms with E-state index in [4.69, 9.17) is 36.8 Å². The van der Waals surface area contributed by atoms with E-state index in [1.165, 1.54) is 0 Å². The molecule has 0 aliphatic carbocycles. The lowest BCUT2D eigenvalue weighted by Crippen LogP contribution is -2.00. The Morgan fingerprint density at radius 3 is 2.32 bits per heavy atom. The molecule has 0 saturated carbocycles. The van der Waals surface area contributed by atoms with E-state index in [1.807, 2.05) is 0 Å². The highest BCUT2D eigenvalue weighted by Crippen LogP contribution is 2.53. The molecule has 0 saturated heterocycles. The number of hydrogen-bond acceptors (Lipinski definition) is 4. The van der Waals surface area contributed by atoms with Gasteiger partial charge in [0, 0.05) is 11.1 Å². The molecule has 0 aliphatic rings. The Kier molecular flexibility index (Phi) is 6.90. The highest BCUT2D eigenvalue weighted by Gasteiger charge is 2.29. The normalized spacial score (nSPS) is 12.5. The summed E-state index contributed by atoms with van der Waals surface area (Å²) in [5, 5.41) is 0.425. The van der Waals surface area contributed by atoms with Crippen LogP contribution in [0.2, 0.25) is 5.02 Å². The van der Waals surface area contributed by atoms with E-state index in [-0.39, 0.29) is 19.0 Å². The van der Waals surface area contributed by atoms with Gasteiger partial charge in [0.15, 0.2) is 5.76 Å². The fourth-order valence-electron chi connectivity index (χ4n) is 1.32. The van der Waals surface area contributed by atoms with Crippen molar-refractivity contribution < 1.29 is 18.1 Å². The van der Waals surface area contributed by atoms with Crippen LogP contribution in [0.25, 0.3) is 5.76 Å². The van der Waals surface area contributed by atoms with Crippen molar-refractivity contribution in [3.63, 3.8) is 0 Å². The zero-order valence-electron chi connectivity index (χ0n) is 10.6. The fourth-order valence-corrected chi connectivity index (χ4v) is 2.97. The van der Waals surface area contributed by atoms with Crippen LogP contribution in [0, 0.1) is 0 Å². The highest BCUT2D eigenvalue weighted by molar-refractivity contribution is 7.48. The first kappa shape index (κ1) is 16.5. The predicted octanol–water partition coefficient (Wildman–Crippen LogP) is 5.07. The maximum atomic E-state index is 12.3. The molecular formula is C12H15Cl2O4P. The molecule has 0 aliphatic heterocycles. The van der Waals surface area contributed by atoms with E-state index in [2.05, 4.69) is 0 Å². The van der Waals surface area contributed by atoms with Gasteiger partial charge in [-0.05, 0) is 26.0 Å². The topological polar surface area (TPSA) is 44.8 Å². The number of phosphoric ester groups is 1. The number of hydrogen-bond donors (Lipinski definition) is 0. The molecule has 4 nitrogen and oxygen atoms in total. The van der Waals surface area contributed by atoms with Crippen LogP contribution >= 0.6 is 31.0 Å². The molecule has 19 heavy (non-hydrogen) atoms. The van der Waals surface area contributed by atoms with Crippen molar-refractivity contribution in [2.75, 3.05) is 13.2 Å². The van der Waals surface area contributed by atoms with E-state index < -0.39 is 7.82 Å². The minimum absolute atomic E-state index is 0.137. The van der Waals surface area contributed by atoms with E-state index >= 15 is 0 Å². The van der Waals surface area contributed by atoms with Crippen LogP contribution in [-0.2, 0) is 18.1 Å². The Morgan fingerprint density at radius 2 is 1.84 bits per heavy atom.